The Labute approximate surface area is 187 Å². The summed E-state index contributed by atoms with van der Waals surface area (Å²) in [5.41, 5.74) is 3.64. The molecule has 0 heterocycles. The van der Waals surface area contributed by atoms with Crippen LogP contribution in [0.5, 0.6) is 17.2 Å². The lowest BCUT2D eigenvalue weighted by atomic mass is 10.1. The van der Waals surface area contributed by atoms with Crippen molar-refractivity contribution in [2.75, 3.05) is 12.4 Å². The third-order valence-corrected chi connectivity index (χ3v) is 5.40. The topological polar surface area (TPSA) is 73.9 Å². The molecular weight excluding hydrogens is 406 g/mol. The lowest BCUT2D eigenvalue weighted by Crippen LogP contribution is -2.28. The summed E-state index contributed by atoms with van der Waals surface area (Å²) >= 11 is 0. The number of ether oxygens (including phenoxy) is 3. The van der Waals surface area contributed by atoms with E-state index in [9.17, 15) is 9.59 Å². The van der Waals surface area contributed by atoms with Gasteiger partial charge in [0.15, 0.2) is 6.10 Å². The van der Waals surface area contributed by atoms with Crippen molar-refractivity contribution in [2.45, 2.75) is 32.3 Å². The molecule has 3 aromatic rings. The summed E-state index contributed by atoms with van der Waals surface area (Å²) in [4.78, 5) is 24.9. The third-order valence-electron chi connectivity index (χ3n) is 5.40. The predicted molar refractivity (Wildman–Crippen MR) is 122 cm³/mol. The van der Waals surface area contributed by atoms with Gasteiger partial charge in [-0.05, 0) is 85.8 Å². The molecule has 6 nitrogen and oxygen atoms in total. The fourth-order valence-corrected chi connectivity index (χ4v) is 3.71. The Balaban J connectivity index is 1.33. The highest BCUT2D eigenvalue weighted by Crippen LogP contribution is 2.27. The smallest absolute Gasteiger partial charge is 0.352 e. The second kappa shape index (κ2) is 9.56. The summed E-state index contributed by atoms with van der Waals surface area (Å²) in [7, 11) is 1.52. The molecule has 4 rings (SSSR count). The van der Waals surface area contributed by atoms with Gasteiger partial charge in [-0.1, -0.05) is 18.2 Å². The van der Waals surface area contributed by atoms with Gasteiger partial charge in [0.2, 0.25) is 0 Å². The van der Waals surface area contributed by atoms with Crippen LogP contribution >= 0.6 is 0 Å². The minimum absolute atomic E-state index is 0.288. The van der Waals surface area contributed by atoms with E-state index in [1.54, 1.807) is 55.5 Å². The van der Waals surface area contributed by atoms with E-state index in [2.05, 4.69) is 11.4 Å². The van der Waals surface area contributed by atoms with Crippen LogP contribution in [0.4, 0.5) is 5.69 Å². The number of esters is 1. The largest absolute Gasteiger partial charge is 0.496 e. The van der Waals surface area contributed by atoms with E-state index in [0.29, 0.717) is 28.5 Å². The SMILES string of the molecule is COc1ccccc1C(=O)Nc1ccc(OC(=O)C(C)Oc2ccc3c(c2)CCC3)cc1. The summed E-state index contributed by atoms with van der Waals surface area (Å²) in [5.74, 6) is 0.756. The minimum Gasteiger partial charge on any atom is -0.496 e. The number of para-hydroxylation sites is 1. The lowest BCUT2D eigenvalue weighted by molar-refractivity contribution is -0.141. The van der Waals surface area contributed by atoms with Crippen molar-refractivity contribution >= 4 is 17.6 Å². The summed E-state index contributed by atoms with van der Waals surface area (Å²) in [5, 5.41) is 2.81. The molecular formula is C26H25NO5. The van der Waals surface area contributed by atoms with Crippen LogP contribution in [0.2, 0.25) is 0 Å². The van der Waals surface area contributed by atoms with Crippen LogP contribution in [-0.4, -0.2) is 25.1 Å². The molecule has 6 heteroatoms. The van der Waals surface area contributed by atoms with E-state index in [4.69, 9.17) is 14.2 Å². The zero-order valence-electron chi connectivity index (χ0n) is 18.1. The van der Waals surface area contributed by atoms with E-state index in [1.165, 1.54) is 18.2 Å². The highest BCUT2D eigenvalue weighted by molar-refractivity contribution is 6.06. The second-order valence-corrected chi connectivity index (χ2v) is 7.64. The Bertz CT molecular complexity index is 1120. The van der Waals surface area contributed by atoms with Gasteiger partial charge >= 0.3 is 5.97 Å². The fourth-order valence-electron chi connectivity index (χ4n) is 3.71. The first-order valence-electron chi connectivity index (χ1n) is 10.6. The Morgan fingerprint density at radius 3 is 2.41 bits per heavy atom. The van der Waals surface area contributed by atoms with Crippen molar-refractivity contribution < 1.29 is 23.8 Å². The average molecular weight is 431 g/mol. The number of rotatable bonds is 7. The molecule has 0 saturated carbocycles. The second-order valence-electron chi connectivity index (χ2n) is 7.64. The van der Waals surface area contributed by atoms with Gasteiger partial charge in [-0.25, -0.2) is 4.79 Å². The Morgan fingerprint density at radius 2 is 1.62 bits per heavy atom. The number of hydrogen-bond acceptors (Lipinski definition) is 5. The van der Waals surface area contributed by atoms with Crippen molar-refractivity contribution in [1.29, 1.82) is 0 Å². The minimum atomic E-state index is -0.751. The Morgan fingerprint density at radius 1 is 0.906 bits per heavy atom. The van der Waals surface area contributed by atoms with Crippen LogP contribution in [0.3, 0.4) is 0 Å². The number of hydrogen-bond donors (Lipinski definition) is 1. The highest BCUT2D eigenvalue weighted by atomic mass is 16.6. The maximum absolute atomic E-state index is 12.5. The van der Waals surface area contributed by atoms with Crippen LogP contribution in [0, 0.1) is 0 Å². The first kappa shape index (κ1) is 21.4. The van der Waals surface area contributed by atoms with Crippen molar-refractivity contribution in [3.8, 4) is 17.2 Å². The normalized spacial score (nSPS) is 13.1. The van der Waals surface area contributed by atoms with Gasteiger partial charge in [-0.15, -0.1) is 0 Å². The molecule has 164 valence electrons. The lowest BCUT2D eigenvalue weighted by Gasteiger charge is -2.15. The van der Waals surface area contributed by atoms with E-state index < -0.39 is 12.1 Å². The molecule has 1 amide bonds. The molecule has 0 saturated heterocycles. The molecule has 0 spiro atoms. The quantitative estimate of drug-likeness (QED) is 0.429. The number of carbonyl (C=O) groups is 2. The van der Waals surface area contributed by atoms with Crippen LogP contribution in [0.25, 0.3) is 0 Å². The van der Waals surface area contributed by atoms with E-state index in [1.807, 2.05) is 12.1 Å². The zero-order chi connectivity index (χ0) is 22.5. The summed E-state index contributed by atoms with van der Waals surface area (Å²) < 4.78 is 16.4. The van der Waals surface area contributed by atoms with Gasteiger partial charge in [0.1, 0.15) is 17.2 Å². The predicted octanol–water partition coefficient (Wildman–Crippen LogP) is 4.81. The molecule has 0 aromatic heterocycles. The number of anilines is 1. The number of aryl methyl sites for hydroxylation is 2. The summed E-state index contributed by atoms with van der Waals surface area (Å²) in [6.07, 6.45) is 2.55. The molecule has 3 aromatic carbocycles. The Hall–Kier alpha value is -3.80. The molecule has 1 unspecified atom stereocenters. The summed E-state index contributed by atoms with van der Waals surface area (Å²) in [6, 6.07) is 19.5. The number of carbonyl (C=O) groups excluding carboxylic acids is 2. The van der Waals surface area contributed by atoms with Crippen LogP contribution in [-0.2, 0) is 17.6 Å². The molecule has 0 fully saturated rings. The van der Waals surface area contributed by atoms with E-state index in [-0.39, 0.29) is 5.91 Å². The van der Waals surface area contributed by atoms with Crippen LogP contribution in [0.15, 0.2) is 66.7 Å². The van der Waals surface area contributed by atoms with Crippen LogP contribution < -0.4 is 19.5 Å². The molecule has 32 heavy (non-hydrogen) atoms. The molecule has 1 atom stereocenters. The fraction of sp³-hybridized carbons (Fsp3) is 0.231. The number of nitrogens with one attached hydrogen (secondary N) is 1. The summed E-state index contributed by atoms with van der Waals surface area (Å²) in [6.45, 7) is 1.66. The van der Waals surface area contributed by atoms with Gasteiger partial charge in [-0.3, -0.25) is 4.79 Å². The van der Waals surface area contributed by atoms with Crippen molar-refractivity contribution in [1.82, 2.24) is 0 Å². The highest BCUT2D eigenvalue weighted by Gasteiger charge is 2.19. The van der Waals surface area contributed by atoms with Crippen molar-refractivity contribution in [2.24, 2.45) is 0 Å². The number of benzene rings is 3. The molecule has 0 radical (unpaired) electrons. The van der Waals surface area contributed by atoms with Gasteiger partial charge in [0, 0.05) is 5.69 Å². The van der Waals surface area contributed by atoms with Gasteiger partial charge in [-0.2, -0.15) is 0 Å². The maximum atomic E-state index is 12.5. The molecule has 0 bridgehead atoms. The number of amides is 1. The molecule has 1 aliphatic rings. The van der Waals surface area contributed by atoms with Crippen molar-refractivity contribution in [3.63, 3.8) is 0 Å². The first-order valence-corrected chi connectivity index (χ1v) is 10.6. The molecule has 0 aliphatic heterocycles. The van der Waals surface area contributed by atoms with E-state index in [0.717, 1.165) is 19.3 Å². The van der Waals surface area contributed by atoms with Gasteiger partial charge < -0.3 is 19.5 Å². The standard InChI is InChI=1S/C26H25NO5/c1-17(31-22-13-10-18-6-5-7-19(18)16-22)26(29)32-21-14-11-20(12-15-21)27-25(28)23-8-3-4-9-24(23)30-2/h3-4,8-17H,5-7H2,1-2H3,(H,27,28). The average Bonchev–Trinajstić information content (AvgIpc) is 3.28. The van der Waals surface area contributed by atoms with E-state index >= 15 is 0 Å². The van der Waals surface area contributed by atoms with Crippen LogP contribution in [0.1, 0.15) is 34.8 Å². The number of methoxy groups -OCH3 is 1. The van der Waals surface area contributed by atoms with Gasteiger partial charge in [0.25, 0.3) is 5.91 Å². The van der Waals surface area contributed by atoms with Gasteiger partial charge in [0.05, 0.1) is 12.7 Å². The molecule has 1 aliphatic carbocycles. The van der Waals surface area contributed by atoms with Crippen molar-refractivity contribution in [3.05, 3.63) is 83.4 Å². The Kier molecular flexibility index (Phi) is 6.40. The molecule has 1 N–H and O–H groups in total. The first-order chi connectivity index (χ1) is 15.5. The maximum Gasteiger partial charge on any atom is 0.352 e. The third kappa shape index (κ3) is 4.91. The monoisotopic (exact) mass is 431 g/mol. The zero-order valence-corrected chi connectivity index (χ0v) is 18.1. The number of fused-ring (bicyclic) bond motifs is 1.